The molecule has 3 unspecified atom stereocenters. The van der Waals surface area contributed by atoms with Crippen molar-refractivity contribution in [2.24, 2.45) is 5.41 Å². The van der Waals surface area contributed by atoms with Crippen LogP contribution < -0.4 is 5.32 Å². The molecule has 1 saturated heterocycles. The van der Waals surface area contributed by atoms with E-state index >= 15 is 0 Å². The minimum absolute atomic E-state index is 0.0911. The highest BCUT2D eigenvalue weighted by atomic mass is 32.2. The standard InChI is InChI=1S/C12H22N2O4S/c1-8(6-19-4)14(3)11(17)13-9-5-18-7-12(9,2)10(15)16/h8-9H,5-7H2,1-4H3,(H,13,17)(H,15,16). The zero-order valence-electron chi connectivity index (χ0n) is 11.8. The first kappa shape index (κ1) is 16.1. The molecule has 1 heterocycles. The molecule has 2 N–H and O–H groups in total. The lowest BCUT2D eigenvalue weighted by molar-refractivity contribution is -0.148. The lowest BCUT2D eigenvalue weighted by Gasteiger charge is -2.30. The highest BCUT2D eigenvalue weighted by Gasteiger charge is 2.47. The van der Waals surface area contributed by atoms with Crippen LogP contribution in [0.3, 0.4) is 0 Å². The Kier molecular flexibility index (Phi) is 5.49. The third-order valence-electron chi connectivity index (χ3n) is 3.63. The van der Waals surface area contributed by atoms with Gasteiger partial charge in [0.25, 0.3) is 0 Å². The summed E-state index contributed by atoms with van der Waals surface area (Å²) in [6.45, 7) is 3.91. The van der Waals surface area contributed by atoms with Gasteiger partial charge in [0.05, 0.1) is 19.3 Å². The molecular weight excluding hydrogens is 268 g/mol. The fourth-order valence-corrected chi connectivity index (χ4v) is 2.60. The van der Waals surface area contributed by atoms with Crippen LogP contribution in [-0.2, 0) is 9.53 Å². The Balaban J connectivity index is 2.64. The SMILES string of the molecule is CSCC(C)N(C)C(=O)NC1COCC1(C)C(=O)O. The van der Waals surface area contributed by atoms with E-state index in [1.807, 2.05) is 13.2 Å². The van der Waals surface area contributed by atoms with Crippen molar-refractivity contribution in [3.8, 4) is 0 Å². The zero-order chi connectivity index (χ0) is 14.6. The molecule has 0 aromatic carbocycles. The van der Waals surface area contributed by atoms with Crippen molar-refractivity contribution >= 4 is 23.8 Å². The maximum absolute atomic E-state index is 12.1. The van der Waals surface area contributed by atoms with Gasteiger partial charge in [-0.2, -0.15) is 11.8 Å². The molecule has 1 aliphatic rings. The predicted molar refractivity (Wildman–Crippen MR) is 74.5 cm³/mol. The average molecular weight is 290 g/mol. The van der Waals surface area contributed by atoms with Gasteiger partial charge in [-0.25, -0.2) is 4.79 Å². The summed E-state index contributed by atoms with van der Waals surface area (Å²) in [5.74, 6) is -0.114. The molecule has 1 fully saturated rings. The lowest BCUT2D eigenvalue weighted by atomic mass is 9.85. The molecule has 0 aromatic rings. The molecule has 19 heavy (non-hydrogen) atoms. The number of urea groups is 1. The second-order valence-corrected chi connectivity index (χ2v) is 6.07. The summed E-state index contributed by atoms with van der Waals surface area (Å²) >= 11 is 1.66. The Morgan fingerprint density at radius 1 is 1.63 bits per heavy atom. The number of carbonyl (C=O) groups excluding carboxylic acids is 1. The van der Waals surface area contributed by atoms with Crippen LogP contribution in [0.2, 0.25) is 0 Å². The fraction of sp³-hybridized carbons (Fsp3) is 0.833. The topological polar surface area (TPSA) is 78.9 Å². The number of ether oxygens (including phenoxy) is 1. The number of hydrogen-bond donors (Lipinski definition) is 2. The first-order valence-electron chi connectivity index (χ1n) is 6.16. The largest absolute Gasteiger partial charge is 0.481 e. The van der Waals surface area contributed by atoms with Gasteiger partial charge in [-0.1, -0.05) is 0 Å². The van der Waals surface area contributed by atoms with Crippen molar-refractivity contribution in [1.29, 1.82) is 0 Å². The molecular formula is C12H22N2O4S. The van der Waals surface area contributed by atoms with E-state index in [0.29, 0.717) is 0 Å². The highest BCUT2D eigenvalue weighted by Crippen LogP contribution is 2.28. The summed E-state index contributed by atoms with van der Waals surface area (Å²) in [5.41, 5.74) is -1.06. The molecule has 6 nitrogen and oxygen atoms in total. The van der Waals surface area contributed by atoms with Crippen LogP contribution in [0.4, 0.5) is 4.79 Å². The van der Waals surface area contributed by atoms with E-state index in [-0.39, 0.29) is 25.3 Å². The number of rotatable bonds is 5. The van der Waals surface area contributed by atoms with E-state index in [9.17, 15) is 14.7 Å². The summed E-state index contributed by atoms with van der Waals surface area (Å²) in [5, 5.41) is 12.0. The average Bonchev–Trinajstić information content (AvgIpc) is 2.71. The molecule has 1 rings (SSSR count). The predicted octanol–water partition coefficient (Wildman–Crippen LogP) is 0.869. The van der Waals surface area contributed by atoms with Crippen molar-refractivity contribution in [1.82, 2.24) is 10.2 Å². The number of aliphatic carboxylic acids is 1. The van der Waals surface area contributed by atoms with Crippen molar-refractivity contribution in [2.75, 3.05) is 32.3 Å². The van der Waals surface area contributed by atoms with Gasteiger partial charge >= 0.3 is 12.0 Å². The molecule has 0 aromatic heterocycles. The van der Waals surface area contributed by atoms with E-state index in [2.05, 4.69) is 5.32 Å². The maximum Gasteiger partial charge on any atom is 0.317 e. The van der Waals surface area contributed by atoms with Crippen LogP contribution in [0.25, 0.3) is 0 Å². The Hall–Kier alpha value is -0.950. The number of hydrogen-bond acceptors (Lipinski definition) is 4. The van der Waals surface area contributed by atoms with Crippen LogP contribution in [0.5, 0.6) is 0 Å². The summed E-state index contributed by atoms with van der Waals surface area (Å²) in [4.78, 5) is 25.0. The molecule has 0 radical (unpaired) electrons. The van der Waals surface area contributed by atoms with Crippen LogP contribution in [-0.4, -0.2) is 66.4 Å². The van der Waals surface area contributed by atoms with E-state index in [1.54, 1.807) is 30.6 Å². The summed E-state index contributed by atoms with van der Waals surface area (Å²) in [6, 6.07) is -0.667. The third-order valence-corrected chi connectivity index (χ3v) is 4.45. The Morgan fingerprint density at radius 3 is 2.79 bits per heavy atom. The van der Waals surface area contributed by atoms with Crippen molar-refractivity contribution in [2.45, 2.75) is 25.9 Å². The molecule has 1 aliphatic heterocycles. The molecule has 110 valence electrons. The number of nitrogens with one attached hydrogen (secondary N) is 1. The normalized spacial score (nSPS) is 27.9. The van der Waals surface area contributed by atoms with Gasteiger partial charge < -0.3 is 20.1 Å². The van der Waals surface area contributed by atoms with Gasteiger partial charge in [-0.05, 0) is 20.1 Å². The molecule has 0 bridgehead atoms. The van der Waals surface area contributed by atoms with E-state index in [4.69, 9.17) is 4.74 Å². The van der Waals surface area contributed by atoms with Gasteiger partial charge in [0, 0.05) is 18.8 Å². The van der Waals surface area contributed by atoms with E-state index in [0.717, 1.165) is 5.75 Å². The Morgan fingerprint density at radius 2 is 2.26 bits per heavy atom. The number of nitrogens with zero attached hydrogens (tertiary/aromatic N) is 1. The summed E-state index contributed by atoms with van der Waals surface area (Å²) < 4.78 is 5.20. The van der Waals surface area contributed by atoms with Crippen molar-refractivity contribution < 1.29 is 19.4 Å². The van der Waals surface area contributed by atoms with Gasteiger partial charge in [0.2, 0.25) is 0 Å². The van der Waals surface area contributed by atoms with E-state index in [1.165, 1.54) is 0 Å². The minimum Gasteiger partial charge on any atom is -0.481 e. The van der Waals surface area contributed by atoms with Gasteiger partial charge in [-0.15, -0.1) is 0 Å². The summed E-state index contributed by atoms with van der Waals surface area (Å²) in [7, 11) is 1.71. The molecule has 0 spiro atoms. The quantitative estimate of drug-likeness (QED) is 0.785. The van der Waals surface area contributed by atoms with Gasteiger partial charge in [-0.3, -0.25) is 4.79 Å². The highest BCUT2D eigenvalue weighted by molar-refractivity contribution is 7.98. The maximum atomic E-state index is 12.1. The fourth-order valence-electron chi connectivity index (χ4n) is 1.89. The molecule has 3 atom stereocenters. The molecule has 7 heteroatoms. The Bertz CT molecular complexity index is 353. The van der Waals surface area contributed by atoms with Crippen LogP contribution in [0.1, 0.15) is 13.8 Å². The smallest absolute Gasteiger partial charge is 0.317 e. The minimum atomic E-state index is -1.06. The summed E-state index contributed by atoms with van der Waals surface area (Å²) in [6.07, 6.45) is 1.98. The molecule has 2 amide bonds. The van der Waals surface area contributed by atoms with Gasteiger partial charge in [0.15, 0.2) is 0 Å². The van der Waals surface area contributed by atoms with Crippen LogP contribution in [0, 0.1) is 5.41 Å². The van der Waals surface area contributed by atoms with Crippen LogP contribution >= 0.6 is 11.8 Å². The third kappa shape index (κ3) is 3.54. The first-order chi connectivity index (χ1) is 8.82. The first-order valence-corrected chi connectivity index (χ1v) is 7.55. The van der Waals surface area contributed by atoms with Crippen molar-refractivity contribution in [3.63, 3.8) is 0 Å². The number of carbonyl (C=O) groups is 2. The number of amides is 2. The van der Waals surface area contributed by atoms with E-state index < -0.39 is 17.4 Å². The van der Waals surface area contributed by atoms with Crippen molar-refractivity contribution in [3.05, 3.63) is 0 Å². The second-order valence-electron chi connectivity index (χ2n) is 5.16. The number of carboxylic acid groups (broad SMARTS) is 1. The number of thioether (sulfide) groups is 1. The van der Waals surface area contributed by atoms with Gasteiger partial charge in [0.1, 0.15) is 5.41 Å². The Labute approximate surface area is 117 Å². The monoisotopic (exact) mass is 290 g/mol. The lowest BCUT2D eigenvalue weighted by Crippen LogP contribution is -2.54. The number of carboxylic acids is 1. The zero-order valence-corrected chi connectivity index (χ0v) is 12.6. The van der Waals surface area contributed by atoms with Crippen LogP contribution in [0.15, 0.2) is 0 Å². The molecule has 0 saturated carbocycles. The molecule has 0 aliphatic carbocycles. The second kappa shape index (κ2) is 6.47.